The predicted molar refractivity (Wildman–Crippen MR) is 69.7 cm³/mol. The maximum atomic E-state index is 11.3. The van der Waals surface area contributed by atoms with Gasteiger partial charge in [0.25, 0.3) is 0 Å². The van der Waals surface area contributed by atoms with Crippen LogP contribution < -0.4 is 4.74 Å². The normalized spacial score (nSPS) is 21.5. The highest BCUT2D eigenvalue weighted by Gasteiger charge is 2.43. The van der Waals surface area contributed by atoms with Crippen LogP contribution in [0.2, 0.25) is 0 Å². The molecule has 0 radical (unpaired) electrons. The molecule has 2 atom stereocenters. The topological polar surface area (TPSA) is 35.5 Å². The Kier molecular flexibility index (Phi) is 3.90. The van der Waals surface area contributed by atoms with Gasteiger partial charge in [0.1, 0.15) is 5.75 Å². The Labute approximate surface area is 108 Å². The Morgan fingerprint density at radius 3 is 2.83 bits per heavy atom. The zero-order valence-electron chi connectivity index (χ0n) is 11.2. The van der Waals surface area contributed by atoms with Crippen LogP contribution in [0, 0.1) is 18.8 Å². The molecule has 2 unspecified atom stereocenters. The average molecular weight is 248 g/mol. The molecular formula is C15H20O3. The molecule has 1 fully saturated rings. The van der Waals surface area contributed by atoms with Gasteiger partial charge >= 0.3 is 5.97 Å². The summed E-state index contributed by atoms with van der Waals surface area (Å²) in [5.74, 6) is 1.50. The van der Waals surface area contributed by atoms with Gasteiger partial charge in [-0.15, -0.1) is 0 Å². The Bertz CT molecular complexity index is 439. The number of aryl methyl sites for hydroxylation is 2. The predicted octanol–water partition coefficient (Wildman–Crippen LogP) is 2.75. The minimum Gasteiger partial charge on any atom is -0.496 e. The number of benzene rings is 1. The van der Waals surface area contributed by atoms with Gasteiger partial charge < -0.3 is 9.47 Å². The fourth-order valence-electron chi connectivity index (χ4n) is 2.45. The second-order valence-corrected chi connectivity index (χ2v) is 4.98. The van der Waals surface area contributed by atoms with Gasteiger partial charge in [-0.2, -0.15) is 0 Å². The van der Waals surface area contributed by atoms with E-state index in [9.17, 15) is 4.79 Å². The van der Waals surface area contributed by atoms with E-state index in [0.717, 1.165) is 25.0 Å². The quantitative estimate of drug-likeness (QED) is 0.752. The van der Waals surface area contributed by atoms with Gasteiger partial charge in [0.15, 0.2) is 0 Å². The van der Waals surface area contributed by atoms with Gasteiger partial charge in [-0.1, -0.05) is 17.7 Å². The highest BCUT2D eigenvalue weighted by Crippen LogP contribution is 2.43. The number of carbonyl (C=O) groups is 1. The number of ether oxygens (including phenoxy) is 2. The summed E-state index contributed by atoms with van der Waals surface area (Å²) in [6.45, 7) is 2.08. The first kappa shape index (κ1) is 12.9. The molecule has 0 saturated heterocycles. The molecule has 2 rings (SSSR count). The molecule has 0 spiro atoms. The van der Waals surface area contributed by atoms with Gasteiger partial charge in [-0.25, -0.2) is 0 Å². The van der Waals surface area contributed by atoms with Crippen molar-refractivity contribution >= 4 is 5.97 Å². The smallest absolute Gasteiger partial charge is 0.308 e. The van der Waals surface area contributed by atoms with Crippen molar-refractivity contribution in [2.24, 2.45) is 11.8 Å². The molecule has 0 aromatic heterocycles. The first-order valence-corrected chi connectivity index (χ1v) is 6.37. The minimum atomic E-state index is -0.0591. The van der Waals surface area contributed by atoms with Crippen LogP contribution in [0.4, 0.5) is 0 Å². The van der Waals surface area contributed by atoms with Crippen LogP contribution in [0.1, 0.15) is 24.0 Å². The fraction of sp³-hybridized carbons (Fsp3) is 0.533. The first-order valence-electron chi connectivity index (χ1n) is 6.37. The Morgan fingerprint density at radius 1 is 1.39 bits per heavy atom. The average Bonchev–Trinajstić information content (AvgIpc) is 3.15. The Balaban J connectivity index is 1.91. The second-order valence-electron chi connectivity index (χ2n) is 4.98. The molecule has 98 valence electrons. The molecule has 0 heterocycles. The molecule has 1 saturated carbocycles. The van der Waals surface area contributed by atoms with Crippen molar-refractivity contribution in [1.29, 1.82) is 0 Å². The van der Waals surface area contributed by atoms with Gasteiger partial charge in [-0.3, -0.25) is 4.79 Å². The molecule has 0 N–H and O–H groups in total. The molecule has 18 heavy (non-hydrogen) atoms. The summed E-state index contributed by atoms with van der Waals surface area (Å²) in [4.78, 5) is 11.3. The number of methoxy groups -OCH3 is 2. The van der Waals surface area contributed by atoms with E-state index in [4.69, 9.17) is 9.47 Å². The van der Waals surface area contributed by atoms with Crippen LogP contribution in [0.3, 0.4) is 0 Å². The molecule has 1 aromatic carbocycles. The van der Waals surface area contributed by atoms with Crippen molar-refractivity contribution in [1.82, 2.24) is 0 Å². The van der Waals surface area contributed by atoms with Crippen molar-refractivity contribution in [2.45, 2.75) is 26.2 Å². The highest BCUT2D eigenvalue weighted by molar-refractivity contribution is 5.75. The Morgan fingerprint density at radius 2 is 2.17 bits per heavy atom. The summed E-state index contributed by atoms with van der Waals surface area (Å²) < 4.78 is 10.1. The van der Waals surface area contributed by atoms with E-state index in [0.29, 0.717) is 5.92 Å². The largest absolute Gasteiger partial charge is 0.496 e. The molecule has 0 amide bonds. The molecule has 1 aromatic rings. The fourth-order valence-corrected chi connectivity index (χ4v) is 2.45. The van der Waals surface area contributed by atoms with Crippen LogP contribution >= 0.6 is 0 Å². The van der Waals surface area contributed by atoms with E-state index in [1.807, 2.05) is 6.07 Å². The number of rotatable bonds is 5. The van der Waals surface area contributed by atoms with Gasteiger partial charge in [0.2, 0.25) is 0 Å². The third kappa shape index (κ3) is 2.84. The highest BCUT2D eigenvalue weighted by atomic mass is 16.5. The lowest BCUT2D eigenvalue weighted by Crippen LogP contribution is -2.04. The van der Waals surface area contributed by atoms with Crippen molar-refractivity contribution in [2.75, 3.05) is 14.2 Å². The number of esters is 1. The van der Waals surface area contributed by atoms with Crippen LogP contribution in [0.15, 0.2) is 18.2 Å². The molecule has 0 aliphatic heterocycles. The number of hydrogen-bond donors (Lipinski definition) is 0. The SMILES string of the molecule is COC(=O)C1CC1CCc1cc(C)ccc1OC. The second kappa shape index (κ2) is 5.42. The zero-order chi connectivity index (χ0) is 13.1. The van der Waals surface area contributed by atoms with Gasteiger partial charge in [0, 0.05) is 0 Å². The van der Waals surface area contributed by atoms with Gasteiger partial charge in [0.05, 0.1) is 20.1 Å². The van der Waals surface area contributed by atoms with E-state index in [2.05, 4.69) is 19.1 Å². The van der Waals surface area contributed by atoms with Crippen LogP contribution in [0.25, 0.3) is 0 Å². The third-order valence-electron chi connectivity index (χ3n) is 3.65. The van der Waals surface area contributed by atoms with Crippen molar-refractivity contribution < 1.29 is 14.3 Å². The lowest BCUT2D eigenvalue weighted by molar-refractivity contribution is -0.142. The minimum absolute atomic E-state index is 0.0591. The van der Waals surface area contributed by atoms with Crippen LogP contribution in [0.5, 0.6) is 5.75 Å². The monoisotopic (exact) mass is 248 g/mol. The zero-order valence-corrected chi connectivity index (χ0v) is 11.2. The maximum absolute atomic E-state index is 11.3. The standard InChI is InChI=1S/C15H20O3/c1-10-4-7-14(17-2)12(8-10)6-5-11-9-13(11)15(16)18-3/h4,7-8,11,13H,5-6,9H2,1-3H3. The summed E-state index contributed by atoms with van der Waals surface area (Å²) in [5.41, 5.74) is 2.47. The summed E-state index contributed by atoms with van der Waals surface area (Å²) in [6, 6.07) is 6.22. The Hall–Kier alpha value is -1.51. The summed E-state index contributed by atoms with van der Waals surface area (Å²) in [6.07, 6.45) is 2.96. The molecule has 0 bridgehead atoms. The summed E-state index contributed by atoms with van der Waals surface area (Å²) in [5, 5.41) is 0. The van der Waals surface area contributed by atoms with E-state index in [1.54, 1.807) is 7.11 Å². The van der Waals surface area contributed by atoms with Crippen molar-refractivity contribution in [3.63, 3.8) is 0 Å². The van der Waals surface area contributed by atoms with E-state index < -0.39 is 0 Å². The first-order chi connectivity index (χ1) is 8.65. The molecular weight excluding hydrogens is 228 g/mol. The van der Waals surface area contributed by atoms with E-state index >= 15 is 0 Å². The lowest BCUT2D eigenvalue weighted by atomic mass is 10.0. The lowest BCUT2D eigenvalue weighted by Gasteiger charge is -2.09. The van der Waals surface area contributed by atoms with E-state index in [1.165, 1.54) is 18.2 Å². The molecule has 1 aliphatic carbocycles. The van der Waals surface area contributed by atoms with Crippen LogP contribution in [-0.4, -0.2) is 20.2 Å². The van der Waals surface area contributed by atoms with Crippen molar-refractivity contribution in [3.8, 4) is 5.75 Å². The van der Waals surface area contributed by atoms with E-state index in [-0.39, 0.29) is 11.9 Å². The third-order valence-corrected chi connectivity index (χ3v) is 3.65. The van der Waals surface area contributed by atoms with Crippen LogP contribution in [-0.2, 0) is 16.0 Å². The number of carbonyl (C=O) groups excluding carboxylic acids is 1. The maximum Gasteiger partial charge on any atom is 0.308 e. The summed E-state index contributed by atoms with van der Waals surface area (Å²) in [7, 11) is 3.16. The molecule has 3 nitrogen and oxygen atoms in total. The molecule has 1 aliphatic rings. The summed E-state index contributed by atoms with van der Waals surface area (Å²) >= 11 is 0. The molecule has 3 heteroatoms. The van der Waals surface area contributed by atoms with Crippen molar-refractivity contribution in [3.05, 3.63) is 29.3 Å². The van der Waals surface area contributed by atoms with Gasteiger partial charge in [-0.05, 0) is 43.7 Å². The number of hydrogen-bond acceptors (Lipinski definition) is 3.